The summed E-state index contributed by atoms with van der Waals surface area (Å²) in [5, 5.41) is 2.96. The van der Waals surface area contributed by atoms with Crippen molar-refractivity contribution in [3.63, 3.8) is 0 Å². The molecule has 1 aliphatic heterocycles. The number of nitrogens with one attached hydrogen (secondary N) is 1. The van der Waals surface area contributed by atoms with E-state index in [4.69, 9.17) is 4.74 Å². The highest BCUT2D eigenvalue weighted by molar-refractivity contribution is 9.10. The topological polar surface area (TPSA) is 41.6 Å². The number of benzene rings is 1. The van der Waals surface area contributed by atoms with Crippen LogP contribution in [0.15, 0.2) is 33.6 Å². The van der Waals surface area contributed by atoms with Gasteiger partial charge in [-0.15, -0.1) is 11.8 Å². The molecular weight excluding hydrogens is 340 g/mol. The summed E-state index contributed by atoms with van der Waals surface area (Å²) >= 11 is 5.16. The molecule has 0 atom stereocenters. The van der Waals surface area contributed by atoms with Crippen LogP contribution in [0.4, 0.5) is 0 Å². The van der Waals surface area contributed by atoms with Crippen molar-refractivity contribution >= 4 is 33.6 Å². The highest BCUT2D eigenvalue weighted by atomic mass is 79.9. The first-order chi connectivity index (χ1) is 9.74. The second-order valence-electron chi connectivity index (χ2n) is 4.54. The Kier molecular flexibility index (Phi) is 6.86. The Bertz CT molecular complexity index is 422. The predicted molar refractivity (Wildman–Crippen MR) is 85.1 cm³/mol. The minimum Gasteiger partial charge on any atom is -0.379 e. The lowest BCUT2D eigenvalue weighted by Crippen LogP contribution is -2.43. The average molecular weight is 359 g/mol. The molecule has 1 saturated heterocycles. The van der Waals surface area contributed by atoms with Crippen LogP contribution in [0.3, 0.4) is 0 Å². The Morgan fingerprint density at radius 1 is 1.30 bits per heavy atom. The fourth-order valence-electron chi connectivity index (χ4n) is 1.91. The third kappa shape index (κ3) is 5.83. The van der Waals surface area contributed by atoms with E-state index in [0.29, 0.717) is 13.1 Å². The molecule has 2 rings (SSSR count). The van der Waals surface area contributed by atoms with Crippen molar-refractivity contribution in [2.75, 3.05) is 45.1 Å². The number of carbonyl (C=O) groups excluding carboxylic acids is 1. The molecule has 0 bridgehead atoms. The molecule has 0 aromatic heterocycles. The average Bonchev–Trinajstić information content (AvgIpc) is 2.46. The van der Waals surface area contributed by atoms with Crippen molar-refractivity contribution < 1.29 is 9.53 Å². The largest absolute Gasteiger partial charge is 0.379 e. The lowest BCUT2D eigenvalue weighted by molar-refractivity contribution is -0.123. The van der Waals surface area contributed by atoms with Gasteiger partial charge in [0.1, 0.15) is 0 Å². The van der Waals surface area contributed by atoms with E-state index in [-0.39, 0.29) is 5.91 Å². The highest BCUT2D eigenvalue weighted by Gasteiger charge is 2.13. The van der Waals surface area contributed by atoms with Gasteiger partial charge < -0.3 is 10.1 Å². The molecule has 1 heterocycles. The van der Waals surface area contributed by atoms with Gasteiger partial charge in [-0.3, -0.25) is 9.69 Å². The molecule has 1 aromatic carbocycles. The van der Waals surface area contributed by atoms with Gasteiger partial charge in [-0.1, -0.05) is 15.9 Å². The van der Waals surface area contributed by atoms with Crippen LogP contribution in [-0.2, 0) is 9.53 Å². The molecule has 1 fully saturated rings. The van der Waals surface area contributed by atoms with Crippen LogP contribution < -0.4 is 5.32 Å². The maximum Gasteiger partial charge on any atom is 0.234 e. The van der Waals surface area contributed by atoms with Gasteiger partial charge >= 0.3 is 0 Å². The van der Waals surface area contributed by atoms with Crippen molar-refractivity contribution in [1.29, 1.82) is 0 Å². The quantitative estimate of drug-likeness (QED) is 0.623. The molecule has 0 saturated carbocycles. The molecule has 0 aliphatic carbocycles. The maximum absolute atomic E-state index is 11.8. The van der Waals surface area contributed by atoms with Gasteiger partial charge in [0.05, 0.1) is 19.8 Å². The SMILES string of the molecule is O=C(CN1CCOCC1)NCCSc1ccc(Br)cc1. The fraction of sp³-hybridized carbons (Fsp3) is 0.500. The number of ether oxygens (including phenoxy) is 1. The molecule has 110 valence electrons. The number of hydrogen-bond donors (Lipinski definition) is 1. The number of morpholine rings is 1. The second kappa shape index (κ2) is 8.67. The van der Waals surface area contributed by atoms with E-state index in [1.807, 2.05) is 12.1 Å². The molecule has 20 heavy (non-hydrogen) atoms. The Balaban J connectivity index is 1.58. The number of thioether (sulfide) groups is 1. The van der Waals surface area contributed by atoms with Crippen LogP contribution >= 0.6 is 27.7 Å². The molecule has 1 amide bonds. The summed E-state index contributed by atoms with van der Waals surface area (Å²) in [6.07, 6.45) is 0. The molecule has 0 unspecified atom stereocenters. The highest BCUT2D eigenvalue weighted by Crippen LogP contribution is 2.19. The molecule has 1 aromatic rings. The molecule has 1 aliphatic rings. The van der Waals surface area contributed by atoms with Crippen molar-refractivity contribution in [2.45, 2.75) is 4.90 Å². The third-order valence-electron chi connectivity index (χ3n) is 2.98. The van der Waals surface area contributed by atoms with Crippen LogP contribution in [0.25, 0.3) is 0 Å². The minimum absolute atomic E-state index is 0.100. The molecule has 6 heteroatoms. The van der Waals surface area contributed by atoms with E-state index in [9.17, 15) is 4.79 Å². The van der Waals surface area contributed by atoms with Gasteiger partial charge in [0.25, 0.3) is 0 Å². The van der Waals surface area contributed by atoms with E-state index >= 15 is 0 Å². The summed E-state index contributed by atoms with van der Waals surface area (Å²) in [6.45, 7) is 4.33. The molecular formula is C14H19BrN2O2S. The Hall–Kier alpha value is -0.560. The van der Waals surface area contributed by atoms with E-state index in [0.717, 1.165) is 36.5 Å². The zero-order chi connectivity index (χ0) is 14.2. The van der Waals surface area contributed by atoms with Gasteiger partial charge in [0.2, 0.25) is 5.91 Å². The summed E-state index contributed by atoms with van der Waals surface area (Å²) in [5.74, 6) is 0.986. The number of nitrogens with zero attached hydrogens (tertiary/aromatic N) is 1. The second-order valence-corrected chi connectivity index (χ2v) is 6.62. The van der Waals surface area contributed by atoms with E-state index in [2.05, 4.69) is 38.3 Å². The van der Waals surface area contributed by atoms with Crippen molar-refractivity contribution in [2.24, 2.45) is 0 Å². The number of amides is 1. The monoisotopic (exact) mass is 358 g/mol. The Morgan fingerprint density at radius 3 is 2.70 bits per heavy atom. The molecule has 0 radical (unpaired) electrons. The molecule has 0 spiro atoms. The summed E-state index contributed by atoms with van der Waals surface area (Å²) in [5.41, 5.74) is 0. The number of halogens is 1. The van der Waals surface area contributed by atoms with Gasteiger partial charge in [-0.2, -0.15) is 0 Å². The zero-order valence-electron chi connectivity index (χ0n) is 11.3. The summed E-state index contributed by atoms with van der Waals surface area (Å²) < 4.78 is 6.34. The van der Waals surface area contributed by atoms with E-state index in [1.165, 1.54) is 4.90 Å². The van der Waals surface area contributed by atoms with Gasteiger partial charge in [0.15, 0.2) is 0 Å². The smallest absolute Gasteiger partial charge is 0.234 e. The van der Waals surface area contributed by atoms with Gasteiger partial charge in [0, 0.05) is 34.8 Å². The Labute approximate surface area is 132 Å². The van der Waals surface area contributed by atoms with Crippen LogP contribution in [0.1, 0.15) is 0 Å². The van der Waals surface area contributed by atoms with Crippen molar-refractivity contribution in [1.82, 2.24) is 10.2 Å². The van der Waals surface area contributed by atoms with Crippen molar-refractivity contribution in [3.8, 4) is 0 Å². The van der Waals surface area contributed by atoms with Crippen molar-refractivity contribution in [3.05, 3.63) is 28.7 Å². The standard InChI is InChI=1S/C14H19BrN2O2S/c15-12-1-3-13(4-2-12)20-10-5-16-14(18)11-17-6-8-19-9-7-17/h1-4H,5-11H2,(H,16,18). The van der Waals surface area contributed by atoms with Crippen LogP contribution in [0, 0.1) is 0 Å². The zero-order valence-corrected chi connectivity index (χ0v) is 13.7. The maximum atomic E-state index is 11.8. The third-order valence-corrected chi connectivity index (χ3v) is 4.52. The van der Waals surface area contributed by atoms with Gasteiger partial charge in [-0.05, 0) is 24.3 Å². The predicted octanol–water partition coefficient (Wildman–Crippen LogP) is 1.99. The number of carbonyl (C=O) groups is 1. The summed E-state index contributed by atoms with van der Waals surface area (Å²) in [4.78, 5) is 15.1. The van der Waals surface area contributed by atoms with Crippen LogP contribution in [0.5, 0.6) is 0 Å². The summed E-state index contributed by atoms with van der Waals surface area (Å²) in [6, 6.07) is 8.20. The Morgan fingerprint density at radius 2 is 2.00 bits per heavy atom. The van der Waals surface area contributed by atoms with Gasteiger partial charge in [-0.25, -0.2) is 0 Å². The number of hydrogen-bond acceptors (Lipinski definition) is 4. The normalized spacial score (nSPS) is 16.1. The number of rotatable bonds is 6. The first kappa shape index (κ1) is 15.8. The van der Waals surface area contributed by atoms with E-state index in [1.54, 1.807) is 11.8 Å². The van der Waals surface area contributed by atoms with Crippen LogP contribution in [-0.4, -0.2) is 56.0 Å². The summed E-state index contributed by atoms with van der Waals surface area (Å²) in [7, 11) is 0. The first-order valence-corrected chi connectivity index (χ1v) is 8.47. The first-order valence-electron chi connectivity index (χ1n) is 6.69. The lowest BCUT2D eigenvalue weighted by atomic mass is 10.4. The molecule has 1 N–H and O–H groups in total. The minimum atomic E-state index is 0.100. The molecule has 4 nitrogen and oxygen atoms in total. The van der Waals surface area contributed by atoms with Crippen LogP contribution in [0.2, 0.25) is 0 Å². The lowest BCUT2D eigenvalue weighted by Gasteiger charge is -2.25. The van der Waals surface area contributed by atoms with E-state index < -0.39 is 0 Å². The fourth-order valence-corrected chi connectivity index (χ4v) is 2.94.